The molecule has 0 spiro atoms. The second-order valence-electron chi connectivity index (χ2n) is 8.32. The molecule has 2 saturated heterocycles. The topological polar surface area (TPSA) is 72.3 Å². The Hall–Kier alpha value is -2.65. The Kier molecular flexibility index (Phi) is 4.40. The first-order valence-corrected chi connectivity index (χ1v) is 10.3. The molecule has 6 heteroatoms. The molecule has 144 valence electrons. The minimum atomic E-state index is -0.199. The van der Waals surface area contributed by atoms with Crippen molar-refractivity contribution < 1.29 is 4.79 Å². The Labute approximate surface area is 165 Å². The van der Waals surface area contributed by atoms with Crippen LogP contribution in [0.1, 0.15) is 25.7 Å². The average Bonchev–Trinajstić information content (AvgIpc) is 3.39. The third kappa shape index (κ3) is 3.20. The molecule has 28 heavy (non-hydrogen) atoms. The van der Waals surface area contributed by atoms with Gasteiger partial charge in [-0.25, -0.2) is 0 Å². The molecule has 2 aromatic rings. The highest BCUT2D eigenvalue weighted by molar-refractivity contribution is 5.91. The molecule has 1 aliphatic carbocycles. The van der Waals surface area contributed by atoms with Gasteiger partial charge in [0.25, 0.3) is 0 Å². The molecule has 2 aliphatic heterocycles. The first-order valence-electron chi connectivity index (χ1n) is 10.3. The fourth-order valence-corrected chi connectivity index (χ4v) is 4.89. The van der Waals surface area contributed by atoms with Gasteiger partial charge < -0.3 is 10.2 Å². The van der Waals surface area contributed by atoms with Crippen LogP contribution in [0.15, 0.2) is 36.5 Å². The van der Waals surface area contributed by atoms with Crippen LogP contribution < -0.4 is 5.32 Å². The van der Waals surface area contributed by atoms with Crippen molar-refractivity contribution in [3.05, 3.63) is 36.5 Å². The molecule has 0 unspecified atom stereocenters. The lowest BCUT2D eigenvalue weighted by Gasteiger charge is -2.34. The van der Waals surface area contributed by atoms with E-state index >= 15 is 0 Å². The highest BCUT2D eigenvalue weighted by atomic mass is 16.2. The zero-order valence-corrected chi connectivity index (χ0v) is 15.9. The summed E-state index contributed by atoms with van der Waals surface area (Å²) in [5, 5.41) is 14.1. The van der Waals surface area contributed by atoms with Crippen molar-refractivity contribution in [2.24, 2.45) is 5.92 Å². The molecule has 1 N–H and O–H groups in total. The van der Waals surface area contributed by atoms with E-state index in [4.69, 9.17) is 0 Å². The number of nitrogens with zero attached hydrogens (tertiary/aromatic N) is 4. The molecule has 6 nitrogen and oxygen atoms in total. The molecule has 0 bridgehead atoms. The summed E-state index contributed by atoms with van der Waals surface area (Å²) >= 11 is 0. The quantitative estimate of drug-likeness (QED) is 0.889. The lowest BCUT2D eigenvalue weighted by atomic mass is 10.0. The largest absolute Gasteiger partial charge is 0.382 e. The Balaban J connectivity index is 1.17. The molecule has 3 heterocycles. The maximum absolute atomic E-state index is 12.7. The lowest BCUT2D eigenvalue weighted by molar-refractivity contribution is -0.133. The van der Waals surface area contributed by atoms with Gasteiger partial charge in [0, 0.05) is 42.4 Å². The van der Waals surface area contributed by atoms with Gasteiger partial charge >= 0.3 is 0 Å². The van der Waals surface area contributed by atoms with Gasteiger partial charge in [-0.2, -0.15) is 5.26 Å². The number of carbonyl (C=O) groups excluding carboxylic acids is 1. The number of benzene rings is 1. The van der Waals surface area contributed by atoms with E-state index in [0.29, 0.717) is 24.5 Å². The molecular weight excluding hydrogens is 350 g/mol. The van der Waals surface area contributed by atoms with Crippen LogP contribution in [0.25, 0.3) is 10.9 Å². The smallest absolute Gasteiger partial charge is 0.238 e. The number of rotatable bonds is 4. The summed E-state index contributed by atoms with van der Waals surface area (Å²) in [4.78, 5) is 21.3. The van der Waals surface area contributed by atoms with Gasteiger partial charge in [-0.3, -0.25) is 14.7 Å². The van der Waals surface area contributed by atoms with Crippen LogP contribution in [-0.2, 0) is 4.79 Å². The van der Waals surface area contributed by atoms with Crippen molar-refractivity contribution in [3.63, 3.8) is 0 Å². The number of nitriles is 1. The monoisotopic (exact) mass is 375 g/mol. The molecule has 3 atom stereocenters. The van der Waals surface area contributed by atoms with Crippen molar-refractivity contribution >= 4 is 22.5 Å². The van der Waals surface area contributed by atoms with Crippen molar-refractivity contribution in [2.45, 2.75) is 43.8 Å². The number of hydrogen-bond acceptors (Lipinski definition) is 5. The van der Waals surface area contributed by atoms with E-state index in [1.165, 1.54) is 0 Å². The number of aromatic nitrogens is 1. The van der Waals surface area contributed by atoms with Crippen molar-refractivity contribution in [1.82, 2.24) is 14.8 Å². The number of nitrogens with one attached hydrogen (secondary N) is 1. The summed E-state index contributed by atoms with van der Waals surface area (Å²) < 4.78 is 0. The zero-order valence-electron chi connectivity index (χ0n) is 15.9. The van der Waals surface area contributed by atoms with E-state index in [-0.39, 0.29) is 11.9 Å². The number of piperidine rings is 2. The maximum Gasteiger partial charge on any atom is 0.238 e. The van der Waals surface area contributed by atoms with Crippen molar-refractivity contribution in [3.8, 4) is 6.07 Å². The molecule has 3 aliphatic rings. The van der Waals surface area contributed by atoms with Gasteiger partial charge in [-0.05, 0) is 55.9 Å². The second kappa shape index (κ2) is 7.06. The first kappa shape index (κ1) is 17.4. The van der Waals surface area contributed by atoms with Crippen LogP contribution in [0.2, 0.25) is 0 Å². The van der Waals surface area contributed by atoms with Crippen LogP contribution in [0, 0.1) is 17.2 Å². The number of anilines is 1. The fraction of sp³-hybridized carbons (Fsp3) is 0.500. The van der Waals surface area contributed by atoms with E-state index in [1.807, 2.05) is 29.3 Å². The average molecular weight is 375 g/mol. The minimum absolute atomic E-state index is 0.142. The van der Waals surface area contributed by atoms with E-state index in [9.17, 15) is 10.1 Å². The van der Waals surface area contributed by atoms with Crippen molar-refractivity contribution in [1.29, 1.82) is 5.26 Å². The molecule has 3 fully saturated rings. The summed E-state index contributed by atoms with van der Waals surface area (Å²) in [6.45, 7) is 2.27. The number of likely N-dealkylation sites (tertiary alicyclic amines) is 2. The van der Waals surface area contributed by atoms with Gasteiger partial charge in [0.1, 0.15) is 6.04 Å². The van der Waals surface area contributed by atoms with Crippen LogP contribution in [0.3, 0.4) is 0 Å². The summed E-state index contributed by atoms with van der Waals surface area (Å²) in [5.41, 5.74) is 2.14. The van der Waals surface area contributed by atoms with Crippen LogP contribution in [0.4, 0.5) is 5.69 Å². The minimum Gasteiger partial charge on any atom is -0.382 e. The predicted molar refractivity (Wildman–Crippen MR) is 108 cm³/mol. The second-order valence-corrected chi connectivity index (χ2v) is 8.32. The number of hydrogen-bond donors (Lipinski definition) is 1. The molecule has 5 rings (SSSR count). The Morgan fingerprint density at radius 2 is 2.07 bits per heavy atom. The number of carbonyl (C=O) groups is 1. The summed E-state index contributed by atoms with van der Waals surface area (Å²) in [6.07, 6.45) is 5.81. The summed E-state index contributed by atoms with van der Waals surface area (Å²) in [6, 6.07) is 13.1. The van der Waals surface area contributed by atoms with E-state index in [0.717, 1.165) is 55.4 Å². The normalized spacial score (nSPS) is 27.4. The molecule has 1 aromatic carbocycles. The standard InChI is InChI=1S/C22H25N5O/c23-13-17-11-15-12-21(15)27(17)22(28)14-26-9-6-16(7-10-26)25-20-5-1-4-19-18(20)3-2-8-24-19/h1-5,8,15-17,21,25H,6-7,9-12,14H2/t15-,17+,21+/m1/s1. The SMILES string of the molecule is N#C[C@@H]1C[C@@H]2C[C@@H]2N1C(=O)CN1CCC(Nc2cccc3ncccc23)CC1. The third-order valence-electron chi connectivity index (χ3n) is 6.49. The number of pyridine rings is 1. The van der Waals surface area contributed by atoms with Gasteiger partial charge in [-0.1, -0.05) is 6.07 Å². The highest BCUT2D eigenvalue weighted by Crippen LogP contribution is 2.47. The molecule has 1 saturated carbocycles. The fourth-order valence-electron chi connectivity index (χ4n) is 4.89. The van der Waals surface area contributed by atoms with Crippen LogP contribution in [0.5, 0.6) is 0 Å². The predicted octanol–water partition coefficient (Wildman–Crippen LogP) is 2.62. The highest BCUT2D eigenvalue weighted by Gasteiger charge is 2.54. The summed E-state index contributed by atoms with van der Waals surface area (Å²) in [5.74, 6) is 0.724. The number of fused-ring (bicyclic) bond motifs is 2. The van der Waals surface area contributed by atoms with Gasteiger partial charge in [0.2, 0.25) is 5.91 Å². The summed E-state index contributed by atoms with van der Waals surface area (Å²) in [7, 11) is 0. The first-order chi connectivity index (χ1) is 13.7. The Morgan fingerprint density at radius 1 is 1.21 bits per heavy atom. The zero-order chi connectivity index (χ0) is 19.1. The Morgan fingerprint density at radius 3 is 2.89 bits per heavy atom. The number of amides is 1. The molecule has 1 amide bonds. The molecule has 0 radical (unpaired) electrons. The van der Waals surface area contributed by atoms with Crippen molar-refractivity contribution in [2.75, 3.05) is 25.0 Å². The van der Waals surface area contributed by atoms with Crippen LogP contribution in [-0.4, -0.2) is 58.5 Å². The van der Waals surface area contributed by atoms with E-state index < -0.39 is 0 Å². The molecular formula is C22H25N5O. The lowest BCUT2D eigenvalue weighted by Crippen LogP contribution is -2.47. The Bertz CT molecular complexity index is 925. The van der Waals surface area contributed by atoms with E-state index in [1.54, 1.807) is 0 Å². The van der Waals surface area contributed by atoms with Gasteiger partial charge in [-0.15, -0.1) is 0 Å². The third-order valence-corrected chi connectivity index (χ3v) is 6.49. The van der Waals surface area contributed by atoms with Gasteiger partial charge in [0.05, 0.1) is 18.1 Å². The maximum atomic E-state index is 12.7. The molecule has 1 aromatic heterocycles. The van der Waals surface area contributed by atoms with E-state index in [2.05, 4.69) is 33.4 Å². The van der Waals surface area contributed by atoms with Crippen LogP contribution >= 0.6 is 0 Å². The van der Waals surface area contributed by atoms with Gasteiger partial charge in [0.15, 0.2) is 0 Å².